The predicted octanol–water partition coefficient (Wildman–Crippen LogP) is 2.64. The first-order valence-electron chi connectivity index (χ1n) is 8.18. The van der Waals surface area contributed by atoms with Crippen LogP contribution < -0.4 is 16.3 Å². The highest BCUT2D eigenvalue weighted by Crippen LogP contribution is 2.31. The molecule has 0 fully saturated rings. The highest BCUT2D eigenvalue weighted by atomic mass is 16.1. The molecule has 6 heteroatoms. The molecule has 4 rings (SSSR count). The van der Waals surface area contributed by atoms with Crippen LogP contribution in [0, 0.1) is 0 Å². The number of rotatable bonds is 2. The van der Waals surface area contributed by atoms with Crippen LogP contribution in [0.25, 0.3) is 5.57 Å². The number of H-pyrrole nitrogens is 1. The van der Waals surface area contributed by atoms with Gasteiger partial charge in [0.25, 0.3) is 5.56 Å². The molecule has 0 spiro atoms. The molecule has 128 valence electrons. The average Bonchev–Trinajstić information content (AvgIpc) is 2.80. The number of nitrogens with zero attached hydrogens (tertiary/aromatic N) is 3. The number of fused-ring (bicyclic) bond motifs is 1. The number of allylic oxidation sites excluding steroid dienone is 1. The molecule has 0 saturated heterocycles. The largest absolute Gasteiger partial charge is 0.369 e. The minimum atomic E-state index is -0.293. The fraction of sp³-hybridized carbons (Fsp3) is 0.0500. The van der Waals surface area contributed by atoms with Gasteiger partial charge < -0.3 is 5.73 Å². The molecule has 26 heavy (non-hydrogen) atoms. The molecule has 3 aromatic rings. The van der Waals surface area contributed by atoms with Crippen molar-refractivity contribution in [2.24, 2.45) is 5.10 Å². The Morgan fingerprint density at radius 3 is 2.23 bits per heavy atom. The van der Waals surface area contributed by atoms with Crippen molar-refractivity contribution in [3.63, 3.8) is 0 Å². The summed E-state index contributed by atoms with van der Waals surface area (Å²) in [6.45, 7) is 0. The standard InChI is InChI=1S/C20H17N5O/c1-25-18-17(19(26)23-20(21)22-18)15(13-8-4-2-5-9-13)12-16(24-25)14-10-6-3-7-11-14/h2-12H,1H3,(H3,21,22,23,26). The van der Waals surface area contributed by atoms with E-state index in [1.54, 1.807) is 12.1 Å². The van der Waals surface area contributed by atoms with E-state index < -0.39 is 0 Å². The van der Waals surface area contributed by atoms with Crippen molar-refractivity contribution < 1.29 is 0 Å². The van der Waals surface area contributed by atoms with E-state index in [0.717, 1.165) is 22.4 Å². The lowest BCUT2D eigenvalue weighted by atomic mass is 9.96. The lowest BCUT2D eigenvalue weighted by Crippen LogP contribution is -2.22. The fourth-order valence-electron chi connectivity index (χ4n) is 3.00. The second-order valence-electron chi connectivity index (χ2n) is 5.95. The van der Waals surface area contributed by atoms with Gasteiger partial charge in [-0.1, -0.05) is 60.7 Å². The number of anilines is 2. The summed E-state index contributed by atoms with van der Waals surface area (Å²) < 4.78 is 0. The average molecular weight is 343 g/mol. The highest BCUT2D eigenvalue weighted by molar-refractivity contribution is 6.15. The summed E-state index contributed by atoms with van der Waals surface area (Å²) in [6, 6.07) is 19.5. The zero-order chi connectivity index (χ0) is 18.1. The molecule has 3 N–H and O–H groups in total. The molecule has 0 saturated carbocycles. The van der Waals surface area contributed by atoms with Crippen molar-refractivity contribution >= 4 is 23.1 Å². The monoisotopic (exact) mass is 343 g/mol. The lowest BCUT2D eigenvalue weighted by Gasteiger charge is -2.15. The van der Waals surface area contributed by atoms with Crippen molar-refractivity contribution in [3.05, 3.63) is 93.8 Å². The zero-order valence-electron chi connectivity index (χ0n) is 14.2. The Hall–Kier alpha value is -3.67. The van der Waals surface area contributed by atoms with E-state index in [9.17, 15) is 4.79 Å². The first-order chi connectivity index (χ1) is 12.6. The van der Waals surface area contributed by atoms with Gasteiger partial charge in [0.05, 0.1) is 11.3 Å². The second-order valence-corrected chi connectivity index (χ2v) is 5.95. The number of hydrogen-bond acceptors (Lipinski definition) is 5. The molecular formula is C20H17N5O. The summed E-state index contributed by atoms with van der Waals surface area (Å²) in [6.07, 6.45) is 1.92. The van der Waals surface area contributed by atoms with Gasteiger partial charge in [-0.05, 0) is 11.6 Å². The molecule has 2 heterocycles. The number of nitrogen functional groups attached to an aromatic ring is 1. The van der Waals surface area contributed by atoms with Crippen LogP contribution in [0.1, 0.15) is 16.7 Å². The molecule has 6 nitrogen and oxygen atoms in total. The van der Waals surface area contributed by atoms with Gasteiger partial charge in [0.15, 0.2) is 5.82 Å². The predicted molar refractivity (Wildman–Crippen MR) is 104 cm³/mol. The first kappa shape index (κ1) is 15.8. The Kier molecular flexibility index (Phi) is 3.85. The van der Waals surface area contributed by atoms with Gasteiger partial charge in [-0.2, -0.15) is 10.1 Å². The van der Waals surface area contributed by atoms with Crippen LogP contribution in [0.2, 0.25) is 0 Å². The van der Waals surface area contributed by atoms with Gasteiger partial charge in [0.2, 0.25) is 5.95 Å². The summed E-state index contributed by atoms with van der Waals surface area (Å²) in [4.78, 5) is 19.6. The van der Waals surface area contributed by atoms with E-state index in [-0.39, 0.29) is 11.5 Å². The summed E-state index contributed by atoms with van der Waals surface area (Å²) in [7, 11) is 1.76. The lowest BCUT2D eigenvalue weighted by molar-refractivity contribution is 0.958. The minimum absolute atomic E-state index is 0.0615. The molecule has 2 aromatic carbocycles. The minimum Gasteiger partial charge on any atom is -0.369 e. The smallest absolute Gasteiger partial charge is 0.262 e. The van der Waals surface area contributed by atoms with Crippen LogP contribution in [0.15, 0.2) is 76.6 Å². The van der Waals surface area contributed by atoms with E-state index in [0.29, 0.717) is 11.4 Å². The molecule has 0 radical (unpaired) electrons. The molecular weight excluding hydrogens is 326 g/mol. The van der Waals surface area contributed by atoms with Crippen LogP contribution in [0.4, 0.5) is 11.8 Å². The van der Waals surface area contributed by atoms with E-state index in [2.05, 4.69) is 15.1 Å². The third-order valence-electron chi connectivity index (χ3n) is 4.19. The topological polar surface area (TPSA) is 87.4 Å². The van der Waals surface area contributed by atoms with Crippen molar-refractivity contribution in [2.75, 3.05) is 17.8 Å². The van der Waals surface area contributed by atoms with Crippen molar-refractivity contribution in [3.8, 4) is 0 Å². The molecule has 1 aliphatic rings. The summed E-state index contributed by atoms with van der Waals surface area (Å²) in [5.74, 6) is 0.485. The van der Waals surface area contributed by atoms with Crippen molar-refractivity contribution in [1.82, 2.24) is 9.97 Å². The van der Waals surface area contributed by atoms with Gasteiger partial charge in [-0.15, -0.1) is 0 Å². The van der Waals surface area contributed by atoms with Crippen LogP contribution in [-0.2, 0) is 0 Å². The Labute approximate surface area is 150 Å². The Bertz CT molecular complexity index is 1070. The highest BCUT2D eigenvalue weighted by Gasteiger charge is 2.23. The maximum absolute atomic E-state index is 12.7. The van der Waals surface area contributed by atoms with Gasteiger partial charge in [0.1, 0.15) is 0 Å². The van der Waals surface area contributed by atoms with Gasteiger partial charge in [-0.25, -0.2) is 5.01 Å². The molecule has 0 atom stereocenters. The maximum Gasteiger partial charge on any atom is 0.262 e. The van der Waals surface area contributed by atoms with Gasteiger partial charge >= 0.3 is 0 Å². The summed E-state index contributed by atoms with van der Waals surface area (Å²) in [5, 5.41) is 6.24. The van der Waals surface area contributed by atoms with E-state index in [1.165, 1.54) is 0 Å². The van der Waals surface area contributed by atoms with Gasteiger partial charge in [-0.3, -0.25) is 9.78 Å². The normalized spacial score (nSPS) is 13.5. The van der Waals surface area contributed by atoms with Crippen molar-refractivity contribution in [2.45, 2.75) is 0 Å². The molecule has 0 amide bonds. The third kappa shape index (κ3) is 2.77. The second kappa shape index (κ2) is 6.33. The number of aromatic nitrogens is 2. The van der Waals surface area contributed by atoms with Crippen LogP contribution >= 0.6 is 0 Å². The van der Waals surface area contributed by atoms with E-state index in [1.807, 2.05) is 66.7 Å². The van der Waals surface area contributed by atoms with E-state index in [4.69, 9.17) is 5.73 Å². The van der Waals surface area contributed by atoms with Gasteiger partial charge in [0, 0.05) is 18.2 Å². The molecule has 0 bridgehead atoms. The first-order valence-corrected chi connectivity index (χ1v) is 8.18. The SMILES string of the molecule is CN1N=C(c2ccccc2)C=C(c2ccccc2)c2c1nc(N)[nH]c2=O. The van der Waals surface area contributed by atoms with Crippen LogP contribution in [-0.4, -0.2) is 22.7 Å². The fourth-order valence-corrected chi connectivity index (χ4v) is 3.00. The number of aromatic amines is 1. The molecule has 1 aromatic heterocycles. The molecule has 0 unspecified atom stereocenters. The number of benzene rings is 2. The number of nitrogens with one attached hydrogen (secondary N) is 1. The number of nitrogens with two attached hydrogens (primary N) is 1. The summed E-state index contributed by atoms with van der Waals surface area (Å²) >= 11 is 0. The Morgan fingerprint density at radius 1 is 0.962 bits per heavy atom. The summed E-state index contributed by atoms with van der Waals surface area (Å²) in [5.41, 5.74) is 9.27. The quantitative estimate of drug-likeness (QED) is 0.749. The van der Waals surface area contributed by atoms with Crippen LogP contribution in [0.3, 0.4) is 0 Å². The van der Waals surface area contributed by atoms with Crippen LogP contribution in [0.5, 0.6) is 0 Å². The van der Waals surface area contributed by atoms with Crippen molar-refractivity contribution in [1.29, 1.82) is 0 Å². The maximum atomic E-state index is 12.7. The number of hydrazone groups is 1. The Balaban J connectivity index is 2.02. The zero-order valence-corrected chi connectivity index (χ0v) is 14.2. The molecule has 0 aliphatic carbocycles. The number of hydrogen-bond donors (Lipinski definition) is 2. The third-order valence-corrected chi connectivity index (χ3v) is 4.19. The Morgan fingerprint density at radius 2 is 1.58 bits per heavy atom. The molecule has 1 aliphatic heterocycles. The van der Waals surface area contributed by atoms with E-state index >= 15 is 0 Å².